The summed E-state index contributed by atoms with van der Waals surface area (Å²) in [5.74, 6) is 0. The van der Waals surface area contributed by atoms with Gasteiger partial charge >= 0.3 is 0 Å². The van der Waals surface area contributed by atoms with Gasteiger partial charge in [0.15, 0.2) is 6.29 Å². The van der Waals surface area contributed by atoms with Crippen molar-refractivity contribution >= 4 is 0 Å². The maximum Gasteiger partial charge on any atom is 0.151 e. The van der Waals surface area contributed by atoms with Gasteiger partial charge in [-0.1, -0.05) is 6.92 Å². The summed E-state index contributed by atoms with van der Waals surface area (Å²) in [4.78, 5) is 0. The zero-order valence-electron chi connectivity index (χ0n) is 7.54. The molecule has 0 heterocycles. The van der Waals surface area contributed by atoms with Gasteiger partial charge in [-0.25, -0.2) is 0 Å². The van der Waals surface area contributed by atoms with Crippen LogP contribution < -0.4 is 0 Å². The van der Waals surface area contributed by atoms with Crippen molar-refractivity contribution in [3.05, 3.63) is 0 Å². The summed E-state index contributed by atoms with van der Waals surface area (Å²) in [5, 5.41) is 8.70. The van der Waals surface area contributed by atoms with E-state index >= 15 is 0 Å². The minimum absolute atomic E-state index is 0.285. The molecule has 11 heavy (non-hydrogen) atoms. The lowest BCUT2D eigenvalue weighted by Crippen LogP contribution is -2.15. The van der Waals surface area contributed by atoms with E-state index in [9.17, 15) is 0 Å². The van der Waals surface area contributed by atoms with Crippen LogP contribution in [0.5, 0.6) is 0 Å². The zero-order chi connectivity index (χ0) is 8.69. The van der Waals surface area contributed by atoms with Gasteiger partial charge in [0, 0.05) is 0 Å². The SMILES string of the molecule is CCC(C)OCCOC(C)O. The number of aliphatic hydroxyl groups is 1. The number of rotatable bonds is 6. The van der Waals surface area contributed by atoms with Crippen LogP contribution in [0.15, 0.2) is 0 Å². The third-order valence-corrected chi connectivity index (χ3v) is 1.42. The number of hydrogen-bond acceptors (Lipinski definition) is 3. The molecule has 3 nitrogen and oxygen atoms in total. The lowest BCUT2D eigenvalue weighted by Gasteiger charge is -2.11. The second-order valence-corrected chi connectivity index (χ2v) is 2.56. The van der Waals surface area contributed by atoms with Crippen LogP contribution in [0.4, 0.5) is 0 Å². The van der Waals surface area contributed by atoms with E-state index in [2.05, 4.69) is 6.92 Å². The Morgan fingerprint density at radius 3 is 2.18 bits per heavy atom. The molecule has 0 aromatic rings. The van der Waals surface area contributed by atoms with Gasteiger partial charge in [0.2, 0.25) is 0 Å². The average Bonchev–Trinajstić information content (AvgIpc) is 1.97. The van der Waals surface area contributed by atoms with Gasteiger partial charge in [-0.05, 0) is 20.3 Å². The molecule has 0 saturated carbocycles. The molecule has 68 valence electrons. The third kappa shape index (κ3) is 7.78. The summed E-state index contributed by atoms with van der Waals surface area (Å²) in [5.41, 5.74) is 0. The summed E-state index contributed by atoms with van der Waals surface area (Å²) in [6.45, 7) is 6.69. The zero-order valence-corrected chi connectivity index (χ0v) is 7.54. The number of ether oxygens (including phenoxy) is 2. The molecule has 0 bridgehead atoms. The molecule has 2 atom stereocenters. The largest absolute Gasteiger partial charge is 0.376 e. The molecule has 0 rings (SSSR count). The monoisotopic (exact) mass is 162 g/mol. The standard InChI is InChI=1S/C8H18O3/c1-4-7(2)10-5-6-11-8(3)9/h7-9H,4-6H2,1-3H3. The highest BCUT2D eigenvalue weighted by atomic mass is 16.6. The van der Waals surface area contributed by atoms with Crippen molar-refractivity contribution in [2.45, 2.75) is 39.6 Å². The molecule has 3 heteroatoms. The molecule has 0 aliphatic carbocycles. The topological polar surface area (TPSA) is 38.7 Å². The van der Waals surface area contributed by atoms with Gasteiger partial charge in [-0.15, -0.1) is 0 Å². The van der Waals surface area contributed by atoms with Crippen molar-refractivity contribution in [3.63, 3.8) is 0 Å². The highest BCUT2D eigenvalue weighted by Gasteiger charge is 1.98. The van der Waals surface area contributed by atoms with Crippen LogP contribution in [0.3, 0.4) is 0 Å². The van der Waals surface area contributed by atoms with Crippen LogP contribution in [-0.2, 0) is 9.47 Å². The minimum Gasteiger partial charge on any atom is -0.376 e. The lowest BCUT2D eigenvalue weighted by molar-refractivity contribution is -0.105. The number of aliphatic hydroxyl groups excluding tert-OH is 1. The van der Waals surface area contributed by atoms with Crippen molar-refractivity contribution in [1.29, 1.82) is 0 Å². The van der Waals surface area contributed by atoms with E-state index in [1.54, 1.807) is 6.92 Å². The van der Waals surface area contributed by atoms with Crippen LogP contribution in [0, 0.1) is 0 Å². The maximum absolute atomic E-state index is 8.70. The minimum atomic E-state index is -0.685. The molecule has 0 amide bonds. The van der Waals surface area contributed by atoms with Gasteiger partial charge in [0.1, 0.15) is 0 Å². The Bertz CT molecular complexity index is 83.4. The van der Waals surface area contributed by atoms with E-state index in [0.29, 0.717) is 13.2 Å². The molecule has 0 radical (unpaired) electrons. The number of hydrogen-bond donors (Lipinski definition) is 1. The first-order chi connectivity index (χ1) is 5.16. The van der Waals surface area contributed by atoms with E-state index in [1.807, 2.05) is 6.92 Å². The fraction of sp³-hybridized carbons (Fsp3) is 1.00. The summed E-state index contributed by atoms with van der Waals surface area (Å²) in [7, 11) is 0. The molecule has 0 fully saturated rings. The van der Waals surface area contributed by atoms with E-state index in [1.165, 1.54) is 0 Å². The molecular weight excluding hydrogens is 144 g/mol. The molecule has 0 saturated heterocycles. The Morgan fingerprint density at radius 2 is 1.73 bits per heavy atom. The van der Waals surface area contributed by atoms with E-state index in [4.69, 9.17) is 14.6 Å². The van der Waals surface area contributed by atoms with Crippen molar-refractivity contribution in [1.82, 2.24) is 0 Å². The van der Waals surface area contributed by atoms with E-state index in [0.717, 1.165) is 6.42 Å². The normalized spacial score (nSPS) is 16.4. The van der Waals surface area contributed by atoms with Gasteiger partial charge in [-0.2, -0.15) is 0 Å². The average molecular weight is 162 g/mol. The third-order valence-electron chi connectivity index (χ3n) is 1.42. The maximum atomic E-state index is 8.70. The first-order valence-electron chi connectivity index (χ1n) is 4.08. The summed E-state index contributed by atoms with van der Waals surface area (Å²) >= 11 is 0. The van der Waals surface area contributed by atoms with Gasteiger partial charge < -0.3 is 14.6 Å². The van der Waals surface area contributed by atoms with Gasteiger partial charge in [-0.3, -0.25) is 0 Å². The van der Waals surface area contributed by atoms with E-state index < -0.39 is 6.29 Å². The Hall–Kier alpha value is -0.120. The van der Waals surface area contributed by atoms with Crippen LogP contribution in [-0.4, -0.2) is 30.7 Å². The van der Waals surface area contributed by atoms with Crippen molar-refractivity contribution < 1.29 is 14.6 Å². The first-order valence-corrected chi connectivity index (χ1v) is 4.08. The second kappa shape index (κ2) is 6.58. The fourth-order valence-electron chi connectivity index (χ4n) is 0.586. The van der Waals surface area contributed by atoms with Crippen molar-refractivity contribution in [3.8, 4) is 0 Å². The molecular formula is C8H18O3. The Kier molecular flexibility index (Phi) is 6.51. The van der Waals surface area contributed by atoms with Gasteiger partial charge in [0.25, 0.3) is 0 Å². The quantitative estimate of drug-likeness (QED) is 0.470. The predicted molar refractivity (Wildman–Crippen MR) is 43.3 cm³/mol. The Balaban J connectivity index is 3.01. The summed E-state index contributed by atoms with van der Waals surface area (Å²) in [6, 6.07) is 0. The smallest absolute Gasteiger partial charge is 0.151 e. The van der Waals surface area contributed by atoms with Crippen molar-refractivity contribution in [2.75, 3.05) is 13.2 Å². The Morgan fingerprint density at radius 1 is 1.18 bits per heavy atom. The molecule has 2 unspecified atom stereocenters. The predicted octanol–water partition coefficient (Wildman–Crippen LogP) is 1.16. The van der Waals surface area contributed by atoms with Crippen molar-refractivity contribution in [2.24, 2.45) is 0 Å². The summed E-state index contributed by atoms with van der Waals surface area (Å²) in [6.07, 6.45) is 0.609. The highest BCUT2D eigenvalue weighted by Crippen LogP contribution is 1.95. The van der Waals surface area contributed by atoms with Crippen LogP contribution in [0.25, 0.3) is 0 Å². The first kappa shape index (κ1) is 10.9. The van der Waals surface area contributed by atoms with Gasteiger partial charge in [0.05, 0.1) is 19.3 Å². The molecule has 0 aliphatic rings. The molecule has 0 spiro atoms. The molecule has 0 aromatic heterocycles. The molecule has 1 N–H and O–H groups in total. The molecule has 0 aromatic carbocycles. The fourth-order valence-corrected chi connectivity index (χ4v) is 0.586. The van der Waals surface area contributed by atoms with Crippen LogP contribution in [0.2, 0.25) is 0 Å². The lowest BCUT2D eigenvalue weighted by atomic mass is 10.3. The Labute approximate surface area is 68.3 Å². The highest BCUT2D eigenvalue weighted by molar-refractivity contribution is 4.43. The van der Waals surface area contributed by atoms with Crippen LogP contribution >= 0.6 is 0 Å². The van der Waals surface area contributed by atoms with Crippen LogP contribution in [0.1, 0.15) is 27.2 Å². The van der Waals surface area contributed by atoms with E-state index in [-0.39, 0.29) is 6.10 Å². The summed E-state index contributed by atoms with van der Waals surface area (Å²) < 4.78 is 10.2. The molecule has 0 aliphatic heterocycles. The second-order valence-electron chi connectivity index (χ2n) is 2.56.